The second-order valence-electron chi connectivity index (χ2n) is 7.68. The Morgan fingerprint density at radius 1 is 1.03 bits per heavy atom. The van der Waals surface area contributed by atoms with E-state index < -0.39 is 0 Å². The van der Waals surface area contributed by atoms with E-state index in [9.17, 15) is 9.59 Å². The van der Waals surface area contributed by atoms with Gasteiger partial charge in [-0.1, -0.05) is 71.6 Å². The van der Waals surface area contributed by atoms with E-state index in [-0.39, 0.29) is 24.1 Å². The Labute approximate surface area is 214 Å². The van der Waals surface area contributed by atoms with Gasteiger partial charge in [0.15, 0.2) is 5.65 Å². The Morgan fingerprint density at radius 2 is 1.83 bits per heavy atom. The predicted octanol–water partition coefficient (Wildman–Crippen LogP) is 3.72. The lowest BCUT2D eigenvalue weighted by molar-refractivity contribution is -0.142. The summed E-state index contributed by atoms with van der Waals surface area (Å²) >= 11 is 2.32. The number of hydrogen-bond acceptors (Lipinski definition) is 10. The molecule has 0 spiro atoms. The molecule has 0 radical (unpaired) electrons. The van der Waals surface area contributed by atoms with Gasteiger partial charge in [-0.2, -0.15) is 0 Å². The van der Waals surface area contributed by atoms with Crippen molar-refractivity contribution in [2.24, 2.45) is 0 Å². The van der Waals surface area contributed by atoms with Crippen LogP contribution in [0.1, 0.15) is 17.5 Å². The summed E-state index contributed by atoms with van der Waals surface area (Å²) in [6.07, 6.45) is 0.0205. The van der Waals surface area contributed by atoms with E-state index in [1.165, 1.54) is 11.8 Å². The molecular formula is C24H21N7O3S2. The van der Waals surface area contributed by atoms with Gasteiger partial charge < -0.3 is 9.30 Å². The molecule has 5 rings (SSSR count). The Balaban J connectivity index is 1.30. The molecule has 1 amide bonds. The van der Waals surface area contributed by atoms with E-state index >= 15 is 0 Å². The van der Waals surface area contributed by atoms with Crippen LogP contribution in [0.3, 0.4) is 0 Å². The number of amides is 1. The third kappa shape index (κ3) is 5.34. The minimum absolute atomic E-state index is 0.0205. The number of carbonyl (C=O) groups is 2. The number of para-hydroxylation sites is 1. The Morgan fingerprint density at radius 3 is 2.67 bits per heavy atom. The van der Waals surface area contributed by atoms with Gasteiger partial charge >= 0.3 is 5.97 Å². The maximum atomic E-state index is 12.5. The number of anilines is 1. The smallest absolute Gasteiger partial charge is 0.312 e. The van der Waals surface area contributed by atoms with Gasteiger partial charge in [0, 0.05) is 11.9 Å². The van der Waals surface area contributed by atoms with Crippen molar-refractivity contribution in [3.05, 3.63) is 65.2 Å². The van der Waals surface area contributed by atoms with Crippen LogP contribution in [-0.2, 0) is 27.3 Å². The van der Waals surface area contributed by atoms with Crippen molar-refractivity contribution >= 4 is 62.2 Å². The average Bonchev–Trinajstić information content (AvgIpc) is 3.45. The zero-order valence-electron chi connectivity index (χ0n) is 19.2. The number of aromatic nitrogens is 6. The van der Waals surface area contributed by atoms with Gasteiger partial charge in [-0.3, -0.25) is 14.9 Å². The van der Waals surface area contributed by atoms with Crippen LogP contribution in [-0.4, -0.2) is 54.2 Å². The molecule has 10 nitrogen and oxygen atoms in total. The molecule has 2 aromatic carbocycles. The number of carbonyl (C=O) groups excluding carboxylic acids is 2. The third-order valence-corrected chi connectivity index (χ3v) is 6.86. The first-order valence-electron chi connectivity index (χ1n) is 11.2. The number of thioether (sulfide) groups is 1. The Hall–Kier alpha value is -3.90. The van der Waals surface area contributed by atoms with E-state index in [1.54, 1.807) is 6.92 Å². The first-order chi connectivity index (χ1) is 17.6. The van der Waals surface area contributed by atoms with E-state index in [0.29, 0.717) is 34.1 Å². The standard InChI is InChI=1S/C24H21N7O3S2/c1-2-34-20(33)12-19-27-30-24(36-19)25-18(32)14-35-23-26-22-21(28-29-23)16-10-6-7-11-17(16)31(22)13-15-8-4-3-5-9-15/h3-11H,2,12-14H2,1H3,(H,25,30,32). The van der Waals surface area contributed by atoms with Crippen LogP contribution in [0.4, 0.5) is 5.13 Å². The molecule has 1 N–H and O–H groups in total. The lowest BCUT2D eigenvalue weighted by Gasteiger charge is -2.07. The zero-order chi connectivity index (χ0) is 24.9. The highest BCUT2D eigenvalue weighted by Gasteiger charge is 2.17. The Bertz CT molecular complexity index is 1540. The molecule has 0 fully saturated rings. The predicted molar refractivity (Wildman–Crippen MR) is 138 cm³/mol. The molecule has 0 aliphatic heterocycles. The van der Waals surface area contributed by atoms with Gasteiger partial charge in [0.05, 0.1) is 24.3 Å². The highest BCUT2D eigenvalue weighted by atomic mass is 32.2. The fourth-order valence-corrected chi connectivity index (χ4v) is 5.00. The molecular weight excluding hydrogens is 498 g/mol. The lowest BCUT2D eigenvalue weighted by Crippen LogP contribution is -2.14. The number of nitrogens with zero attached hydrogens (tertiary/aromatic N) is 6. The molecule has 0 saturated heterocycles. The fourth-order valence-electron chi connectivity index (χ4n) is 3.67. The van der Waals surface area contributed by atoms with Gasteiger partial charge in [-0.05, 0) is 18.6 Å². The maximum Gasteiger partial charge on any atom is 0.312 e. The fraction of sp³-hybridized carbons (Fsp3) is 0.208. The number of benzene rings is 2. The lowest BCUT2D eigenvalue weighted by atomic mass is 10.2. The first-order valence-corrected chi connectivity index (χ1v) is 13.0. The van der Waals surface area contributed by atoms with E-state index in [1.807, 2.05) is 42.5 Å². The van der Waals surface area contributed by atoms with Crippen molar-refractivity contribution in [3.63, 3.8) is 0 Å². The molecule has 3 aromatic heterocycles. The summed E-state index contributed by atoms with van der Waals surface area (Å²) in [7, 11) is 0. The molecule has 3 heterocycles. The third-order valence-electron chi connectivity index (χ3n) is 5.18. The van der Waals surface area contributed by atoms with Gasteiger partial charge in [0.2, 0.25) is 16.2 Å². The molecule has 182 valence electrons. The molecule has 0 bridgehead atoms. The van der Waals surface area contributed by atoms with E-state index in [4.69, 9.17) is 9.72 Å². The summed E-state index contributed by atoms with van der Waals surface area (Å²) < 4.78 is 7.02. The van der Waals surface area contributed by atoms with Crippen molar-refractivity contribution in [2.75, 3.05) is 17.7 Å². The van der Waals surface area contributed by atoms with E-state index in [0.717, 1.165) is 33.3 Å². The zero-order valence-corrected chi connectivity index (χ0v) is 20.9. The van der Waals surface area contributed by atoms with Crippen molar-refractivity contribution in [1.29, 1.82) is 0 Å². The number of nitrogens with one attached hydrogen (secondary N) is 1. The molecule has 0 atom stereocenters. The minimum Gasteiger partial charge on any atom is -0.466 e. The summed E-state index contributed by atoms with van der Waals surface area (Å²) in [5, 5.41) is 21.4. The number of ether oxygens (including phenoxy) is 1. The first kappa shape index (κ1) is 23.8. The number of fused-ring (bicyclic) bond motifs is 3. The summed E-state index contributed by atoms with van der Waals surface area (Å²) in [5.41, 5.74) is 3.60. The summed E-state index contributed by atoms with van der Waals surface area (Å²) in [5.74, 6) is -0.599. The molecule has 0 saturated carbocycles. The van der Waals surface area contributed by atoms with Crippen LogP contribution < -0.4 is 5.32 Å². The SMILES string of the molecule is CCOC(=O)Cc1nnc(NC(=O)CSc2nnc3c4ccccc4n(Cc4ccccc4)c3n2)s1. The molecule has 12 heteroatoms. The van der Waals surface area contributed by atoms with Gasteiger partial charge in [-0.15, -0.1) is 20.4 Å². The monoisotopic (exact) mass is 519 g/mol. The van der Waals surface area contributed by atoms with Crippen LogP contribution in [0, 0.1) is 0 Å². The van der Waals surface area contributed by atoms with Crippen LogP contribution >= 0.6 is 23.1 Å². The van der Waals surface area contributed by atoms with Gasteiger partial charge in [-0.25, -0.2) is 4.98 Å². The largest absolute Gasteiger partial charge is 0.466 e. The van der Waals surface area contributed by atoms with Crippen molar-refractivity contribution in [2.45, 2.75) is 25.0 Å². The van der Waals surface area contributed by atoms with E-state index in [2.05, 4.69) is 42.4 Å². The highest BCUT2D eigenvalue weighted by molar-refractivity contribution is 7.99. The van der Waals surface area contributed by atoms with Crippen LogP contribution in [0.2, 0.25) is 0 Å². The van der Waals surface area contributed by atoms with Crippen molar-refractivity contribution < 1.29 is 14.3 Å². The molecule has 0 unspecified atom stereocenters. The highest BCUT2D eigenvalue weighted by Crippen LogP contribution is 2.28. The molecule has 36 heavy (non-hydrogen) atoms. The second-order valence-corrected chi connectivity index (χ2v) is 9.68. The Kier molecular flexibility index (Phi) is 7.14. The van der Waals surface area contributed by atoms with Crippen molar-refractivity contribution in [1.82, 2.24) is 29.9 Å². The van der Waals surface area contributed by atoms with Crippen molar-refractivity contribution in [3.8, 4) is 0 Å². The second kappa shape index (κ2) is 10.8. The molecule has 0 aliphatic rings. The summed E-state index contributed by atoms with van der Waals surface area (Å²) in [4.78, 5) is 28.8. The van der Waals surface area contributed by atoms with Crippen LogP contribution in [0.5, 0.6) is 0 Å². The quantitative estimate of drug-likeness (QED) is 0.229. The minimum atomic E-state index is -0.383. The van der Waals surface area contributed by atoms with Gasteiger partial charge in [0.1, 0.15) is 10.5 Å². The van der Waals surface area contributed by atoms with Gasteiger partial charge in [0.25, 0.3) is 0 Å². The normalized spacial score (nSPS) is 11.1. The average molecular weight is 520 g/mol. The number of rotatable bonds is 9. The summed E-state index contributed by atoms with van der Waals surface area (Å²) in [6.45, 7) is 2.68. The van der Waals surface area contributed by atoms with Crippen LogP contribution in [0.25, 0.3) is 22.1 Å². The molecule has 5 aromatic rings. The van der Waals surface area contributed by atoms with Crippen LogP contribution in [0.15, 0.2) is 59.8 Å². The topological polar surface area (TPSA) is 125 Å². The number of hydrogen-bond donors (Lipinski definition) is 1. The number of esters is 1. The summed E-state index contributed by atoms with van der Waals surface area (Å²) in [6, 6.07) is 18.1. The maximum absolute atomic E-state index is 12.5. The molecule has 0 aliphatic carbocycles.